The Labute approximate surface area is 161 Å². The number of aliphatic imine (C=N–C) groups is 1. The maximum atomic E-state index is 11.9. The molecule has 0 bridgehead atoms. The molecule has 1 amide bonds. The minimum absolute atomic E-state index is 0.00709. The monoisotopic (exact) mass is 377 g/mol. The van der Waals surface area contributed by atoms with Crippen molar-refractivity contribution in [3.63, 3.8) is 0 Å². The van der Waals surface area contributed by atoms with Gasteiger partial charge in [-0.25, -0.2) is 0 Å². The number of amides is 1. The van der Waals surface area contributed by atoms with Gasteiger partial charge in [-0.1, -0.05) is 19.1 Å². The molecule has 1 aromatic carbocycles. The second-order valence-corrected chi connectivity index (χ2v) is 8.14. The lowest BCUT2D eigenvalue weighted by molar-refractivity contribution is -0.116. The highest BCUT2D eigenvalue weighted by Crippen LogP contribution is 2.21. The fourth-order valence-electron chi connectivity index (χ4n) is 2.92. The topological polar surface area (TPSA) is 60.0 Å². The summed E-state index contributed by atoms with van der Waals surface area (Å²) in [5, 5.41) is 7.08. The van der Waals surface area contributed by atoms with Crippen molar-refractivity contribution < 1.29 is 4.79 Å². The summed E-state index contributed by atoms with van der Waals surface area (Å²) in [5.41, 5.74) is 1.94. The lowest BCUT2D eigenvalue weighted by Gasteiger charge is -2.34. The highest BCUT2D eigenvalue weighted by Gasteiger charge is 2.21. The van der Waals surface area contributed by atoms with Gasteiger partial charge in [-0.15, -0.1) is 0 Å². The standard InChI is InChI=1S/C19H31N5OS/c1-5-17-13-24(9-10-26-17)19(20-2)21-12-15-7-6-8-16(11-15)22-18(25)14-23(3)4/h6-8,11,17H,5,9-10,12-14H2,1-4H3,(H,20,21)(H,22,25). The van der Waals surface area contributed by atoms with Gasteiger partial charge in [0.1, 0.15) is 0 Å². The van der Waals surface area contributed by atoms with E-state index in [0.717, 1.165) is 36.1 Å². The first-order valence-corrected chi connectivity index (χ1v) is 10.2. The number of benzene rings is 1. The first-order chi connectivity index (χ1) is 12.5. The van der Waals surface area contributed by atoms with Gasteiger partial charge in [0, 0.05) is 43.4 Å². The van der Waals surface area contributed by atoms with Crippen LogP contribution in [-0.2, 0) is 11.3 Å². The van der Waals surface area contributed by atoms with Crippen LogP contribution in [0.2, 0.25) is 0 Å². The number of hydrogen-bond acceptors (Lipinski definition) is 4. The third-order valence-electron chi connectivity index (χ3n) is 4.23. The fourth-order valence-corrected chi connectivity index (χ4v) is 4.10. The Hall–Kier alpha value is -1.73. The van der Waals surface area contributed by atoms with E-state index in [2.05, 4.69) is 45.3 Å². The van der Waals surface area contributed by atoms with Gasteiger partial charge < -0.3 is 20.4 Å². The minimum Gasteiger partial charge on any atom is -0.352 e. The number of carbonyl (C=O) groups is 1. The quantitative estimate of drug-likeness (QED) is 0.587. The highest BCUT2D eigenvalue weighted by atomic mass is 32.2. The molecule has 1 fully saturated rings. The van der Waals surface area contributed by atoms with Gasteiger partial charge in [0.05, 0.1) is 6.54 Å². The summed E-state index contributed by atoms with van der Waals surface area (Å²) in [4.78, 5) is 20.6. The van der Waals surface area contributed by atoms with E-state index in [0.29, 0.717) is 18.3 Å². The van der Waals surface area contributed by atoms with Crippen molar-refractivity contribution in [2.45, 2.75) is 25.1 Å². The molecule has 1 aliphatic rings. The predicted octanol–water partition coefficient (Wildman–Crippen LogP) is 2.09. The molecule has 1 aromatic rings. The Bertz CT molecular complexity index is 620. The normalized spacial score (nSPS) is 18.1. The molecule has 0 aliphatic carbocycles. The van der Waals surface area contributed by atoms with Gasteiger partial charge in [-0.05, 0) is 38.2 Å². The zero-order valence-corrected chi connectivity index (χ0v) is 17.1. The summed E-state index contributed by atoms with van der Waals surface area (Å²) in [6, 6.07) is 7.95. The summed E-state index contributed by atoms with van der Waals surface area (Å²) in [5.74, 6) is 2.09. The molecule has 1 atom stereocenters. The number of anilines is 1. The molecule has 1 heterocycles. The molecule has 0 saturated carbocycles. The van der Waals surface area contributed by atoms with Gasteiger partial charge in [-0.2, -0.15) is 11.8 Å². The summed E-state index contributed by atoms with van der Waals surface area (Å²) in [7, 11) is 5.60. The average molecular weight is 378 g/mol. The van der Waals surface area contributed by atoms with Gasteiger partial charge in [-0.3, -0.25) is 9.79 Å². The molecule has 6 nitrogen and oxygen atoms in total. The van der Waals surface area contributed by atoms with Crippen LogP contribution in [0.25, 0.3) is 0 Å². The smallest absolute Gasteiger partial charge is 0.238 e. The lowest BCUT2D eigenvalue weighted by atomic mass is 10.2. The SMILES string of the molecule is CCC1CN(C(=NC)NCc2cccc(NC(=O)CN(C)C)c2)CCS1. The maximum absolute atomic E-state index is 11.9. The van der Waals surface area contributed by atoms with Crippen LogP contribution in [0.4, 0.5) is 5.69 Å². The van der Waals surface area contributed by atoms with E-state index in [1.54, 1.807) is 0 Å². The van der Waals surface area contributed by atoms with Crippen molar-refractivity contribution in [3.8, 4) is 0 Å². The van der Waals surface area contributed by atoms with Crippen LogP contribution in [-0.4, -0.2) is 73.4 Å². The number of thioether (sulfide) groups is 1. The number of hydrogen-bond donors (Lipinski definition) is 2. The average Bonchev–Trinajstić information content (AvgIpc) is 2.62. The van der Waals surface area contributed by atoms with E-state index in [4.69, 9.17) is 0 Å². The number of carbonyl (C=O) groups excluding carboxylic acids is 1. The van der Waals surface area contributed by atoms with Crippen LogP contribution in [0, 0.1) is 0 Å². The zero-order chi connectivity index (χ0) is 18.9. The molecule has 0 aromatic heterocycles. The Morgan fingerprint density at radius 3 is 2.92 bits per heavy atom. The molecule has 2 rings (SSSR count). The highest BCUT2D eigenvalue weighted by molar-refractivity contribution is 8.00. The van der Waals surface area contributed by atoms with Gasteiger partial charge in [0.15, 0.2) is 5.96 Å². The number of guanidine groups is 1. The molecule has 1 saturated heterocycles. The van der Waals surface area contributed by atoms with Crippen molar-refractivity contribution >= 4 is 29.3 Å². The number of nitrogens with one attached hydrogen (secondary N) is 2. The van der Waals surface area contributed by atoms with Crippen molar-refractivity contribution in [3.05, 3.63) is 29.8 Å². The first-order valence-electron chi connectivity index (χ1n) is 9.12. The molecular formula is C19H31N5OS. The van der Waals surface area contributed by atoms with Crippen LogP contribution < -0.4 is 10.6 Å². The van der Waals surface area contributed by atoms with E-state index < -0.39 is 0 Å². The second kappa shape index (κ2) is 10.4. The summed E-state index contributed by atoms with van der Waals surface area (Å²) in [6.45, 7) is 5.38. The first kappa shape index (κ1) is 20.6. The van der Waals surface area contributed by atoms with Gasteiger partial charge in [0.25, 0.3) is 0 Å². The van der Waals surface area contributed by atoms with Gasteiger partial charge >= 0.3 is 0 Å². The number of rotatable bonds is 6. The van der Waals surface area contributed by atoms with Crippen LogP contribution in [0.5, 0.6) is 0 Å². The summed E-state index contributed by atoms with van der Waals surface area (Å²) < 4.78 is 0. The van der Waals surface area contributed by atoms with Crippen LogP contribution >= 0.6 is 11.8 Å². The number of likely N-dealkylation sites (N-methyl/N-ethyl adjacent to an activating group) is 1. The van der Waals surface area contributed by atoms with Crippen molar-refractivity contribution in [1.29, 1.82) is 0 Å². The van der Waals surface area contributed by atoms with E-state index >= 15 is 0 Å². The Morgan fingerprint density at radius 2 is 2.23 bits per heavy atom. The largest absolute Gasteiger partial charge is 0.352 e. The van der Waals surface area contributed by atoms with E-state index in [1.807, 2.05) is 44.2 Å². The third-order valence-corrected chi connectivity index (χ3v) is 5.60. The van der Waals surface area contributed by atoms with E-state index in [1.165, 1.54) is 6.42 Å². The maximum Gasteiger partial charge on any atom is 0.238 e. The number of nitrogens with zero attached hydrogens (tertiary/aromatic N) is 3. The molecular weight excluding hydrogens is 346 g/mol. The summed E-state index contributed by atoms with van der Waals surface area (Å²) >= 11 is 2.05. The van der Waals surface area contributed by atoms with Crippen molar-refractivity contribution in [2.24, 2.45) is 4.99 Å². The third kappa shape index (κ3) is 6.53. The Kier molecular flexibility index (Phi) is 8.25. The van der Waals surface area contributed by atoms with Crippen LogP contribution in [0.1, 0.15) is 18.9 Å². The summed E-state index contributed by atoms with van der Waals surface area (Å²) in [6.07, 6.45) is 1.19. The fraction of sp³-hybridized carbons (Fsp3) is 0.579. The van der Waals surface area contributed by atoms with E-state index in [9.17, 15) is 4.79 Å². The molecule has 0 spiro atoms. The van der Waals surface area contributed by atoms with Gasteiger partial charge in [0.2, 0.25) is 5.91 Å². The molecule has 1 unspecified atom stereocenters. The molecule has 1 aliphatic heterocycles. The zero-order valence-electron chi connectivity index (χ0n) is 16.3. The van der Waals surface area contributed by atoms with Crippen LogP contribution in [0.3, 0.4) is 0 Å². The second-order valence-electron chi connectivity index (χ2n) is 6.73. The van der Waals surface area contributed by atoms with Crippen molar-refractivity contribution in [1.82, 2.24) is 15.1 Å². The van der Waals surface area contributed by atoms with Crippen molar-refractivity contribution in [2.75, 3.05) is 51.8 Å². The lowest BCUT2D eigenvalue weighted by Crippen LogP contribution is -2.47. The Balaban J connectivity index is 1.91. The molecule has 26 heavy (non-hydrogen) atoms. The molecule has 144 valence electrons. The molecule has 7 heteroatoms. The Morgan fingerprint density at radius 1 is 1.42 bits per heavy atom. The predicted molar refractivity (Wildman–Crippen MR) is 112 cm³/mol. The van der Waals surface area contributed by atoms with E-state index in [-0.39, 0.29) is 5.91 Å². The molecule has 0 radical (unpaired) electrons. The molecule has 2 N–H and O–H groups in total. The minimum atomic E-state index is -0.00709. The van der Waals surface area contributed by atoms with Crippen LogP contribution in [0.15, 0.2) is 29.3 Å².